The summed E-state index contributed by atoms with van der Waals surface area (Å²) >= 11 is 5.73. The first-order valence-corrected chi connectivity index (χ1v) is 5.30. The molecule has 0 aromatic heterocycles. The molecule has 2 rings (SSSR count). The lowest BCUT2D eigenvalue weighted by molar-refractivity contribution is 0.433. The molecule has 0 unspecified atom stereocenters. The van der Waals surface area contributed by atoms with Crippen LogP contribution in [0.15, 0.2) is 42.5 Å². The summed E-state index contributed by atoms with van der Waals surface area (Å²) in [5, 5.41) is 8.94. The van der Waals surface area contributed by atoms with Gasteiger partial charge in [-0.05, 0) is 24.3 Å². The molecule has 3 nitrogen and oxygen atoms in total. The summed E-state index contributed by atoms with van der Waals surface area (Å²) in [6, 6.07) is 12.0. The van der Waals surface area contributed by atoms with Crippen LogP contribution in [0.2, 0.25) is 5.02 Å². The summed E-state index contributed by atoms with van der Waals surface area (Å²) in [4.78, 5) is 0. The van der Waals surface area contributed by atoms with Gasteiger partial charge in [0.25, 0.3) is 0 Å². The molecule has 0 aliphatic heterocycles. The second kappa shape index (κ2) is 4.93. The monoisotopic (exact) mass is 252 g/mol. The molecule has 5 heteroatoms. The molecular weight excluding hydrogens is 243 g/mol. The predicted molar refractivity (Wildman–Crippen MR) is 66.8 cm³/mol. The number of anilines is 2. The Kier molecular flexibility index (Phi) is 3.35. The van der Waals surface area contributed by atoms with Crippen LogP contribution in [-0.2, 0) is 0 Å². The van der Waals surface area contributed by atoms with E-state index in [0.717, 1.165) is 5.69 Å². The Hall–Kier alpha value is -1.94. The van der Waals surface area contributed by atoms with Gasteiger partial charge < -0.3 is 10.5 Å². The number of hydrazine groups is 1. The van der Waals surface area contributed by atoms with E-state index in [4.69, 9.17) is 16.7 Å². The number of phenols is 1. The van der Waals surface area contributed by atoms with Crippen LogP contribution in [-0.4, -0.2) is 5.11 Å². The van der Waals surface area contributed by atoms with E-state index in [9.17, 15) is 4.39 Å². The van der Waals surface area contributed by atoms with Crippen LogP contribution in [0.4, 0.5) is 15.8 Å². The molecule has 0 spiro atoms. The molecule has 2 aromatic rings. The largest absolute Gasteiger partial charge is 0.505 e. The standard InChI is InChI=1S/C12H10ClFN2O/c13-11-9(6-7-10(17)12(11)14)16-15-8-4-2-1-3-5-8/h1-7,15-17H. The summed E-state index contributed by atoms with van der Waals surface area (Å²) in [6.07, 6.45) is 0. The van der Waals surface area contributed by atoms with E-state index in [-0.39, 0.29) is 5.02 Å². The van der Waals surface area contributed by atoms with Gasteiger partial charge in [-0.15, -0.1) is 0 Å². The molecule has 0 aliphatic rings. The highest BCUT2D eigenvalue weighted by atomic mass is 35.5. The van der Waals surface area contributed by atoms with Crippen molar-refractivity contribution < 1.29 is 9.50 Å². The summed E-state index contributed by atoms with van der Waals surface area (Å²) in [5.41, 5.74) is 6.80. The second-order valence-corrected chi connectivity index (χ2v) is 3.75. The highest BCUT2D eigenvalue weighted by molar-refractivity contribution is 6.33. The minimum absolute atomic E-state index is 0.159. The lowest BCUT2D eigenvalue weighted by atomic mass is 10.3. The van der Waals surface area contributed by atoms with Crippen LogP contribution >= 0.6 is 11.6 Å². The van der Waals surface area contributed by atoms with Gasteiger partial charge in [0.15, 0.2) is 11.6 Å². The number of hydrogen-bond donors (Lipinski definition) is 3. The Morgan fingerprint density at radius 3 is 2.41 bits per heavy atom. The number of para-hydroxylation sites is 1. The average Bonchev–Trinajstić information content (AvgIpc) is 2.36. The zero-order valence-electron chi connectivity index (χ0n) is 8.74. The molecule has 0 bridgehead atoms. The lowest BCUT2D eigenvalue weighted by Crippen LogP contribution is -2.09. The number of halogens is 2. The first-order valence-electron chi connectivity index (χ1n) is 4.92. The van der Waals surface area contributed by atoms with E-state index < -0.39 is 11.6 Å². The molecule has 0 heterocycles. The van der Waals surface area contributed by atoms with E-state index >= 15 is 0 Å². The van der Waals surface area contributed by atoms with E-state index in [2.05, 4.69) is 10.9 Å². The topological polar surface area (TPSA) is 44.3 Å². The van der Waals surface area contributed by atoms with Crippen LogP contribution < -0.4 is 10.9 Å². The fourth-order valence-corrected chi connectivity index (χ4v) is 1.50. The van der Waals surface area contributed by atoms with Gasteiger partial charge >= 0.3 is 0 Å². The van der Waals surface area contributed by atoms with Gasteiger partial charge in [-0.25, -0.2) is 4.39 Å². The van der Waals surface area contributed by atoms with Gasteiger partial charge in [-0.2, -0.15) is 0 Å². The van der Waals surface area contributed by atoms with Gasteiger partial charge in [0.05, 0.1) is 11.4 Å². The van der Waals surface area contributed by atoms with Crippen LogP contribution in [0.5, 0.6) is 5.75 Å². The minimum Gasteiger partial charge on any atom is -0.505 e. The van der Waals surface area contributed by atoms with Crippen molar-refractivity contribution in [3.8, 4) is 5.75 Å². The second-order valence-electron chi connectivity index (χ2n) is 3.38. The molecule has 0 atom stereocenters. The van der Waals surface area contributed by atoms with Crippen molar-refractivity contribution in [3.63, 3.8) is 0 Å². The predicted octanol–water partition coefficient (Wildman–Crippen LogP) is 3.62. The summed E-state index contributed by atoms with van der Waals surface area (Å²) in [7, 11) is 0. The third-order valence-corrected chi connectivity index (χ3v) is 2.55. The summed E-state index contributed by atoms with van der Waals surface area (Å²) in [5.74, 6) is -1.31. The number of nitrogens with one attached hydrogen (secondary N) is 2. The average molecular weight is 253 g/mol. The van der Waals surface area contributed by atoms with Crippen molar-refractivity contribution in [1.29, 1.82) is 0 Å². The molecule has 3 N–H and O–H groups in total. The number of benzene rings is 2. The molecule has 0 radical (unpaired) electrons. The molecule has 0 saturated carbocycles. The third kappa shape index (κ3) is 2.60. The van der Waals surface area contributed by atoms with Gasteiger partial charge in [-0.3, -0.25) is 5.43 Å². The Bertz CT molecular complexity index is 519. The van der Waals surface area contributed by atoms with Crippen molar-refractivity contribution in [2.75, 3.05) is 10.9 Å². The highest BCUT2D eigenvalue weighted by Crippen LogP contribution is 2.30. The Morgan fingerprint density at radius 2 is 1.71 bits per heavy atom. The normalized spacial score (nSPS) is 10.0. The van der Waals surface area contributed by atoms with Gasteiger partial charge in [0.1, 0.15) is 5.02 Å². The Labute approximate surface area is 103 Å². The number of hydrogen-bond acceptors (Lipinski definition) is 3. The smallest absolute Gasteiger partial charge is 0.185 e. The fraction of sp³-hybridized carbons (Fsp3) is 0. The SMILES string of the molecule is Oc1ccc(NNc2ccccc2)c(Cl)c1F. The van der Waals surface area contributed by atoms with Crippen LogP contribution in [0.3, 0.4) is 0 Å². The zero-order chi connectivity index (χ0) is 12.3. The van der Waals surface area contributed by atoms with Gasteiger partial charge in [0, 0.05) is 0 Å². The van der Waals surface area contributed by atoms with Crippen LogP contribution in [0, 0.1) is 5.82 Å². The highest BCUT2D eigenvalue weighted by Gasteiger charge is 2.10. The Morgan fingerprint density at radius 1 is 1.00 bits per heavy atom. The van der Waals surface area contributed by atoms with Gasteiger partial charge in [-0.1, -0.05) is 29.8 Å². The molecule has 2 aromatic carbocycles. The van der Waals surface area contributed by atoms with Crippen LogP contribution in [0.25, 0.3) is 0 Å². The molecule has 0 saturated heterocycles. The van der Waals surface area contributed by atoms with Crippen molar-refractivity contribution >= 4 is 23.0 Å². The number of rotatable bonds is 3. The van der Waals surface area contributed by atoms with Crippen molar-refractivity contribution in [3.05, 3.63) is 53.3 Å². The molecule has 0 amide bonds. The van der Waals surface area contributed by atoms with Gasteiger partial charge in [0.2, 0.25) is 0 Å². The van der Waals surface area contributed by atoms with Crippen molar-refractivity contribution in [2.24, 2.45) is 0 Å². The zero-order valence-corrected chi connectivity index (χ0v) is 9.50. The van der Waals surface area contributed by atoms with Crippen molar-refractivity contribution in [2.45, 2.75) is 0 Å². The van der Waals surface area contributed by atoms with E-state index in [1.54, 1.807) is 0 Å². The fourth-order valence-electron chi connectivity index (χ4n) is 1.30. The summed E-state index contributed by atoms with van der Waals surface area (Å²) in [6.45, 7) is 0. The number of phenolic OH excluding ortho intramolecular Hbond substituents is 1. The lowest BCUT2D eigenvalue weighted by Gasteiger charge is -2.11. The summed E-state index contributed by atoms with van der Waals surface area (Å²) < 4.78 is 13.3. The molecule has 88 valence electrons. The van der Waals surface area contributed by atoms with Crippen LogP contribution in [0.1, 0.15) is 0 Å². The maximum Gasteiger partial charge on any atom is 0.185 e. The first-order chi connectivity index (χ1) is 8.18. The van der Waals surface area contributed by atoms with E-state index in [1.165, 1.54) is 12.1 Å². The van der Waals surface area contributed by atoms with Crippen molar-refractivity contribution in [1.82, 2.24) is 0 Å². The third-order valence-electron chi connectivity index (χ3n) is 2.18. The molecular formula is C12H10ClFN2O. The van der Waals surface area contributed by atoms with E-state index in [1.807, 2.05) is 30.3 Å². The molecule has 17 heavy (non-hydrogen) atoms. The Balaban J connectivity index is 2.13. The maximum absolute atomic E-state index is 13.3. The molecule has 0 fully saturated rings. The van der Waals surface area contributed by atoms with E-state index in [0.29, 0.717) is 5.69 Å². The number of aromatic hydroxyl groups is 1. The quantitative estimate of drug-likeness (QED) is 0.577. The minimum atomic E-state index is -0.841. The first kappa shape index (κ1) is 11.5. The molecule has 0 aliphatic carbocycles. The maximum atomic E-state index is 13.3.